The first-order chi connectivity index (χ1) is 15.1. The van der Waals surface area contributed by atoms with Gasteiger partial charge in [0.05, 0.1) is 16.5 Å². The number of nitrogens with one attached hydrogen (secondary N) is 1. The Hall–Kier alpha value is -3.56. The molecule has 1 heterocycles. The number of phenolic OH excluding ortho intramolecular Hbond substituents is 1. The van der Waals surface area contributed by atoms with Gasteiger partial charge >= 0.3 is 0 Å². The van der Waals surface area contributed by atoms with Crippen molar-refractivity contribution in [2.24, 2.45) is 0 Å². The Morgan fingerprint density at radius 1 is 1.06 bits per heavy atom. The van der Waals surface area contributed by atoms with Gasteiger partial charge in [-0.15, -0.1) is 5.10 Å². The van der Waals surface area contributed by atoms with Crippen molar-refractivity contribution in [1.29, 1.82) is 0 Å². The fourth-order valence-corrected chi connectivity index (χ4v) is 3.48. The van der Waals surface area contributed by atoms with E-state index in [2.05, 4.69) is 20.8 Å². The molecule has 0 aliphatic rings. The first-order valence-electron chi connectivity index (χ1n) is 9.11. The Labute approximate surface area is 186 Å². The Bertz CT molecular complexity index is 1180. The van der Waals surface area contributed by atoms with Gasteiger partial charge in [-0.2, -0.15) is 4.68 Å². The molecule has 0 unspecified atom stereocenters. The first kappa shape index (κ1) is 20.7. The van der Waals surface area contributed by atoms with Crippen LogP contribution < -0.4 is 10.1 Å². The van der Waals surface area contributed by atoms with E-state index >= 15 is 0 Å². The zero-order chi connectivity index (χ0) is 21.6. The number of tetrazole rings is 1. The van der Waals surface area contributed by atoms with Crippen molar-refractivity contribution in [3.8, 4) is 22.9 Å². The van der Waals surface area contributed by atoms with Gasteiger partial charge in [-0.1, -0.05) is 35.5 Å². The summed E-state index contributed by atoms with van der Waals surface area (Å²) < 4.78 is 7.24. The molecule has 0 radical (unpaired) electrons. The van der Waals surface area contributed by atoms with Crippen molar-refractivity contribution in [1.82, 2.24) is 20.2 Å². The van der Waals surface area contributed by atoms with Crippen LogP contribution in [0.25, 0.3) is 5.69 Å². The lowest BCUT2D eigenvalue weighted by atomic mass is 10.3. The highest BCUT2D eigenvalue weighted by Gasteiger charge is 2.12. The van der Waals surface area contributed by atoms with Crippen molar-refractivity contribution >= 4 is 35.0 Å². The maximum Gasteiger partial charge on any atom is 0.234 e. The van der Waals surface area contributed by atoms with Crippen molar-refractivity contribution < 1.29 is 14.6 Å². The summed E-state index contributed by atoms with van der Waals surface area (Å²) in [5.74, 6) is 1.23. The molecular weight excluding hydrogens is 438 g/mol. The predicted molar refractivity (Wildman–Crippen MR) is 118 cm³/mol. The van der Waals surface area contributed by atoms with Crippen molar-refractivity contribution in [3.05, 3.63) is 77.8 Å². The van der Waals surface area contributed by atoms with Crippen molar-refractivity contribution in [3.63, 3.8) is 0 Å². The summed E-state index contributed by atoms with van der Waals surface area (Å²) in [5, 5.41) is 24.7. The minimum atomic E-state index is -0.204. The van der Waals surface area contributed by atoms with Crippen LogP contribution in [0.4, 0.5) is 5.69 Å². The van der Waals surface area contributed by atoms with Crippen LogP contribution in [-0.4, -0.2) is 37.0 Å². The summed E-state index contributed by atoms with van der Waals surface area (Å²) >= 11 is 7.30. The molecular formula is C21H16ClN5O3S. The standard InChI is InChI=1S/C21H16ClN5O3S/c22-18-3-1-2-4-19(18)30-17-11-5-14(6-12-17)23-20(29)13-31-21-24-25-26-27(21)15-7-9-16(28)10-8-15/h1-12,28H,13H2,(H,23,29). The second-order valence-corrected chi connectivity index (χ2v) is 7.63. The number of para-hydroxylation sites is 1. The largest absolute Gasteiger partial charge is 0.508 e. The van der Waals surface area contributed by atoms with E-state index < -0.39 is 0 Å². The fraction of sp³-hybridized carbons (Fsp3) is 0.0476. The Morgan fingerprint density at radius 3 is 2.55 bits per heavy atom. The second-order valence-electron chi connectivity index (χ2n) is 6.28. The number of thioether (sulfide) groups is 1. The van der Waals surface area contributed by atoms with Gasteiger partial charge in [0.25, 0.3) is 0 Å². The molecule has 0 bridgehead atoms. The van der Waals surface area contributed by atoms with Crippen LogP contribution in [0.2, 0.25) is 5.02 Å². The minimum Gasteiger partial charge on any atom is -0.508 e. The number of benzene rings is 3. The lowest BCUT2D eigenvalue weighted by Crippen LogP contribution is -2.14. The second kappa shape index (κ2) is 9.50. The van der Waals surface area contributed by atoms with E-state index in [1.54, 1.807) is 48.5 Å². The maximum atomic E-state index is 12.3. The number of aromatic hydroxyl groups is 1. The molecule has 4 rings (SSSR count). The molecule has 0 spiro atoms. The topological polar surface area (TPSA) is 102 Å². The zero-order valence-corrected chi connectivity index (χ0v) is 17.5. The van der Waals surface area contributed by atoms with E-state index in [0.29, 0.717) is 33.1 Å². The number of amides is 1. The third-order valence-electron chi connectivity index (χ3n) is 4.07. The molecule has 4 aromatic rings. The molecule has 0 aliphatic heterocycles. The van der Waals surface area contributed by atoms with Gasteiger partial charge < -0.3 is 15.2 Å². The molecule has 31 heavy (non-hydrogen) atoms. The van der Waals surface area contributed by atoms with E-state index in [0.717, 1.165) is 0 Å². The van der Waals surface area contributed by atoms with Crippen LogP contribution in [0.15, 0.2) is 78.0 Å². The number of halogens is 1. The van der Waals surface area contributed by atoms with Crippen molar-refractivity contribution in [2.45, 2.75) is 5.16 Å². The summed E-state index contributed by atoms with van der Waals surface area (Å²) in [6.07, 6.45) is 0. The number of aromatic nitrogens is 4. The van der Waals surface area contributed by atoms with Crippen LogP contribution in [0.1, 0.15) is 0 Å². The van der Waals surface area contributed by atoms with Crippen LogP contribution >= 0.6 is 23.4 Å². The molecule has 2 N–H and O–H groups in total. The highest BCUT2D eigenvalue weighted by Crippen LogP contribution is 2.29. The number of carbonyl (C=O) groups is 1. The molecule has 0 aliphatic carbocycles. The van der Waals surface area contributed by atoms with Crippen LogP contribution in [0.3, 0.4) is 0 Å². The van der Waals surface area contributed by atoms with Crippen molar-refractivity contribution in [2.75, 3.05) is 11.1 Å². The Morgan fingerprint density at radius 2 is 1.81 bits per heavy atom. The number of rotatable bonds is 7. The van der Waals surface area contributed by atoms with Gasteiger partial charge in [0, 0.05) is 5.69 Å². The number of carbonyl (C=O) groups excluding carboxylic acids is 1. The highest BCUT2D eigenvalue weighted by atomic mass is 35.5. The average Bonchev–Trinajstić information content (AvgIpc) is 3.24. The molecule has 1 amide bonds. The monoisotopic (exact) mass is 453 g/mol. The summed E-state index contributed by atoms with van der Waals surface area (Å²) in [4.78, 5) is 12.3. The highest BCUT2D eigenvalue weighted by molar-refractivity contribution is 7.99. The SMILES string of the molecule is O=C(CSc1nnnn1-c1ccc(O)cc1)Nc1ccc(Oc2ccccc2Cl)cc1. The third kappa shape index (κ3) is 5.33. The first-order valence-corrected chi connectivity index (χ1v) is 10.5. The van der Waals surface area contributed by atoms with Gasteiger partial charge in [0.15, 0.2) is 0 Å². The van der Waals surface area contributed by atoms with Crippen LogP contribution in [0, 0.1) is 0 Å². The quantitative estimate of drug-likeness (QED) is 0.396. The molecule has 1 aromatic heterocycles. The molecule has 0 atom stereocenters. The number of phenols is 1. The molecule has 156 valence electrons. The van der Waals surface area contributed by atoms with Gasteiger partial charge in [0.2, 0.25) is 11.1 Å². The molecule has 0 fully saturated rings. The summed E-state index contributed by atoms with van der Waals surface area (Å²) in [5.41, 5.74) is 1.31. The minimum absolute atomic E-state index is 0.121. The van der Waals surface area contributed by atoms with Crippen LogP contribution in [0.5, 0.6) is 17.2 Å². The average molecular weight is 454 g/mol. The molecule has 10 heteroatoms. The summed E-state index contributed by atoms with van der Waals surface area (Å²) in [7, 11) is 0. The number of hydrogen-bond donors (Lipinski definition) is 2. The van der Waals surface area contributed by atoms with Gasteiger partial charge in [-0.05, 0) is 71.1 Å². The maximum absolute atomic E-state index is 12.3. The number of hydrogen-bond acceptors (Lipinski definition) is 7. The summed E-state index contributed by atoms with van der Waals surface area (Å²) in [6.45, 7) is 0. The van der Waals surface area contributed by atoms with E-state index in [-0.39, 0.29) is 17.4 Å². The molecule has 0 saturated heterocycles. The molecule has 0 saturated carbocycles. The van der Waals surface area contributed by atoms with E-state index in [4.69, 9.17) is 16.3 Å². The van der Waals surface area contributed by atoms with Crippen LogP contribution in [-0.2, 0) is 4.79 Å². The predicted octanol–water partition coefficient (Wildman–Crippen LogP) is 4.54. The number of nitrogens with zero attached hydrogens (tertiary/aromatic N) is 4. The van der Waals surface area contributed by atoms with Gasteiger partial charge in [0.1, 0.15) is 17.2 Å². The van der Waals surface area contributed by atoms with E-state index in [1.807, 2.05) is 12.1 Å². The van der Waals surface area contributed by atoms with E-state index in [1.165, 1.54) is 28.6 Å². The van der Waals surface area contributed by atoms with Gasteiger partial charge in [-0.25, -0.2) is 0 Å². The summed E-state index contributed by atoms with van der Waals surface area (Å²) in [6, 6.07) is 20.6. The third-order valence-corrected chi connectivity index (χ3v) is 5.30. The number of anilines is 1. The number of ether oxygens (including phenoxy) is 1. The molecule has 3 aromatic carbocycles. The van der Waals surface area contributed by atoms with Gasteiger partial charge in [-0.3, -0.25) is 4.79 Å². The molecule has 8 nitrogen and oxygen atoms in total. The Kier molecular flexibility index (Phi) is 6.34. The zero-order valence-electron chi connectivity index (χ0n) is 16.0. The lowest BCUT2D eigenvalue weighted by molar-refractivity contribution is -0.113. The normalized spacial score (nSPS) is 10.6. The van der Waals surface area contributed by atoms with E-state index in [9.17, 15) is 9.90 Å². The smallest absolute Gasteiger partial charge is 0.234 e. The Balaban J connectivity index is 1.33. The lowest BCUT2D eigenvalue weighted by Gasteiger charge is -2.09. The fourth-order valence-electron chi connectivity index (χ4n) is 2.61.